The first-order valence-electron chi connectivity index (χ1n) is 15.0. The van der Waals surface area contributed by atoms with E-state index < -0.39 is 16.0 Å². The second kappa shape index (κ2) is 12.5. The Kier molecular flexibility index (Phi) is 8.90. The summed E-state index contributed by atoms with van der Waals surface area (Å²) in [5, 5.41) is 20.1. The third-order valence-electron chi connectivity index (χ3n) is 8.24. The Balaban J connectivity index is 1.26. The molecule has 3 N–H and O–H groups in total. The molecule has 5 rings (SSSR count). The smallest absolute Gasteiger partial charge is 0.352 e. The number of hydrogen-bond donors (Lipinski definition) is 3. The maximum absolute atomic E-state index is 13.3. The van der Waals surface area contributed by atoms with E-state index in [4.69, 9.17) is 5.10 Å². The number of nitrogens with zero attached hydrogens (tertiary/aromatic N) is 4. The van der Waals surface area contributed by atoms with Crippen molar-refractivity contribution in [2.45, 2.75) is 57.4 Å². The van der Waals surface area contributed by atoms with E-state index in [0.717, 1.165) is 22.5 Å². The highest BCUT2D eigenvalue weighted by Crippen LogP contribution is 2.30. The molecule has 0 spiro atoms. The van der Waals surface area contributed by atoms with Gasteiger partial charge in [-0.05, 0) is 68.0 Å². The molecule has 3 heterocycles. The molecule has 12 heteroatoms. The van der Waals surface area contributed by atoms with E-state index in [1.165, 1.54) is 28.1 Å². The van der Waals surface area contributed by atoms with Gasteiger partial charge in [-0.1, -0.05) is 56.7 Å². The number of amides is 2. The number of piperidine rings is 1. The molecule has 1 aliphatic heterocycles. The van der Waals surface area contributed by atoms with E-state index in [-0.39, 0.29) is 28.1 Å². The van der Waals surface area contributed by atoms with E-state index in [0.29, 0.717) is 43.9 Å². The lowest BCUT2D eigenvalue weighted by Gasteiger charge is -2.31. The predicted molar refractivity (Wildman–Crippen MR) is 174 cm³/mol. The van der Waals surface area contributed by atoms with E-state index in [1.807, 2.05) is 61.5 Å². The number of aromatic nitrogens is 3. The second-order valence-corrected chi connectivity index (χ2v) is 14.5. The number of benzene rings is 2. The van der Waals surface area contributed by atoms with Crippen molar-refractivity contribution in [2.75, 3.05) is 23.7 Å². The highest BCUT2D eigenvalue weighted by atomic mass is 32.2. The van der Waals surface area contributed by atoms with E-state index in [9.17, 15) is 23.1 Å². The number of urea groups is 1. The van der Waals surface area contributed by atoms with Crippen LogP contribution in [0.15, 0.2) is 71.8 Å². The van der Waals surface area contributed by atoms with Gasteiger partial charge in [-0.2, -0.15) is 9.40 Å². The van der Waals surface area contributed by atoms with Gasteiger partial charge < -0.3 is 15.0 Å². The molecule has 0 radical (unpaired) electrons. The highest BCUT2D eigenvalue weighted by Gasteiger charge is 2.32. The Morgan fingerprint density at radius 1 is 0.978 bits per heavy atom. The van der Waals surface area contributed by atoms with Gasteiger partial charge in [-0.3, -0.25) is 5.32 Å². The normalized spacial score (nSPS) is 14.8. The average molecular weight is 633 g/mol. The Bertz CT molecular complexity index is 1810. The molecule has 11 nitrogen and oxygen atoms in total. The first-order valence-corrected chi connectivity index (χ1v) is 16.4. The molecule has 238 valence electrons. The van der Waals surface area contributed by atoms with E-state index >= 15 is 0 Å². The van der Waals surface area contributed by atoms with Crippen LogP contribution in [0.1, 0.15) is 60.9 Å². The van der Waals surface area contributed by atoms with Crippen molar-refractivity contribution in [1.82, 2.24) is 18.7 Å². The van der Waals surface area contributed by atoms with Crippen molar-refractivity contribution in [3.05, 3.63) is 89.2 Å². The second-order valence-electron chi connectivity index (χ2n) is 12.6. The summed E-state index contributed by atoms with van der Waals surface area (Å²) in [5.41, 5.74) is 4.18. The third kappa shape index (κ3) is 6.97. The number of carbonyl (C=O) groups excluding carboxylic acids is 1. The maximum Gasteiger partial charge on any atom is 0.352 e. The number of rotatable bonds is 8. The average Bonchev–Trinajstić information content (AvgIpc) is 3.59. The van der Waals surface area contributed by atoms with Crippen molar-refractivity contribution in [1.29, 1.82) is 0 Å². The van der Waals surface area contributed by atoms with Gasteiger partial charge in [-0.15, -0.1) is 0 Å². The highest BCUT2D eigenvalue weighted by molar-refractivity contribution is 7.89. The molecule has 0 unspecified atom stereocenters. The Hall–Kier alpha value is -4.42. The molecule has 2 aromatic heterocycles. The number of sulfonamides is 1. The zero-order valence-electron chi connectivity index (χ0n) is 26.2. The van der Waals surface area contributed by atoms with Crippen LogP contribution in [0.25, 0.3) is 5.69 Å². The lowest BCUT2D eigenvalue weighted by molar-refractivity contribution is 0.0685. The van der Waals surface area contributed by atoms with Gasteiger partial charge >= 0.3 is 12.0 Å². The number of hydrogen-bond acceptors (Lipinski definition) is 5. The molecule has 2 amide bonds. The number of anilines is 2. The summed E-state index contributed by atoms with van der Waals surface area (Å²) in [6.45, 7) is 8.90. The fourth-order valence-corrected chi connectivity index (χ4v) is 7.21. The molecule has 4 aromatic rings. The number of aryl methyl sites for hydroxylation is 1. The zero-order chi connectivity index (χ0) is 32.5. The maximum atomic E-state index is 13.3. The molecule has 1 fully saturated rings. The number of carbonyl (C=O) groups is 2. The summed E-state index contributed by atoms with van der Waals surface area (Å²) in [7, 11) is -2.38. The van der Waals surface area contributed by atoms with Crippen LogP contribution in [0.2, 0.25) is 0 Å². The molecular formula is C33H40N6O5S. The third-order valence-corrected chi connectivity index (χ3v) is 10.2. The van der Waals surface area contributed by atoms with Crippen molar-refractivity contribution >= 4 is 33.5 Å². The minimum Gasteiger partial charge on any atom is -0.477 e. The lowest BCUT2D eigenvalue weighted by Crippen LogP contribution is -2.39. The summed E-state index contributed by atoms with van der Waals surface area (Å²) in [6.07, 6.45) is 1.95. The monoisotopic (exact) mass is 632 g/mol. The van der Waals surface area contributed by atoms with Gasteiger partial charge in [0.05, 0.1) is 11.4 Å². The van der Waals surface area contributed by atoms with E-state index in [1.54, 1.807) is 4.68 Å². The SMILES string of the molecule is Cc1ccc(-n2nc(C(C)(C)C)cc2NC(=O)Nc2ccccc2CC2CCN(S(=O)(=O)c3ccc(C(=O)O)n3C)CC2)cc1. The fraction of sp³-hybridized carbons (Fsp3) is 0.364. The molecule has 2 aromatic carbocycles. The number of para-hydroxylation sites is 1. The minimum atomic E-state index is -3.83. The standard InChI is InChI=1S/C33H40N6O5S/c1-22-10-12-25(13-11-22)39-29(21-28(36-39)33(2,3)4)35-32(42)34-26-9-7-6-8-24(26)20-23-16-18-38(19-17-23)45(43,44)30-15-14-27(31(40)41)37(30)5/h6-15,21,23H,16-20H2,1-5H3,(H,40,41)(H2,34,35,42). The Labute approximate surface area is 263 Å². The first-order chi connectivity index (χ1) is 21.2. The van der Waals surface area contributed by atoms with Crippen LogP contribution >= 0.6 is 0 Å². The minimum absolute atomic E-state index is 0.0303. The van der Waals surface area contributed by atoms with Gasteiger partial charge in [0.25, 0.3) is 10.0 Å². The van der Waals surface area contributed by atoms with Crippen LogP contribution in [0.3, 0.4) is 0 Å². The molecular weight excluding hydrogens is 592 g/mol. The summed E-state index contributed by atoms with van der Waals surface area (Å²) in [6, 6.07) is 19.7. The van der Waals surface area contributed by atoms with Gasteiger partial charge in [-0.25, -0.2) is 22.7 Å². The van der Waals surface area contributed by atoms with Crippen molar-refractivity contribution in [2.24, 2.45) is 13.0 Å². The molecule has 0 saturated carbocycles. The predicted octanol–water partition coefficient (Wildman–Crippen LogP) is 5.80. The van der Waals surface area contributed by atoms with Crippen molar-refractivity contribution < 1.29 is 23.1 Å². The number of carboxylic acids is 1. The molecule has 0 atom stereocenters. The Morgan fingerprint density at radius 2 is 1.64 bits per heavy atom. The van der Waals surface area contributed by atoms with Crippen LogP contribution in [-0.4, -0.2) is 57.3 Å². The van der Waals surface area contributed by atoms with Crippen LogP contribution < -0.4 is 10.6 Å². The zero-order valence-corrected chi connectivity index (χ0v) is 27.1. The molecule has 45 heavy (non-hydrogen) atoms. The van der Waals surface area contributed by atoms with Crippen LogP contribution in [-0.2, 0) is 28.9 Å². The lowest BCUT2D eigenvalue weighted by atomic mass is 9.90. The number of carboxylic acid groups (broad SMARTS) is 1. The molecule has 0 aliphatic carbocycles. The summed E-state index contributed by atoms with van der Waals surface area (Å²) in [4.78, 5) is 24.7. The topological polar surface area (TPSA) is 139 Å². The number of nitrogens with one attached hydrogen (secondary N) is 2. The largest absolute Gasteiger partial charge is 0.477 e. The fourth-order valence-electron chi connectivity index (χ4n) is 5.57. The van der Waals surface area contributed by atoms with Crippen molar-refractivity contribution in [3.63, 3.8) is 0 Å². The van der Waals surface area contributed by atoms with Crippen molar-refractivity contribution in [3.8, 4) is 5.69 Å². The quantitative estimate of drug-likeness (QED) is 0.224. The van der Waals surface area contributed by atoms with E-state index in [2.05, 4.69) is 31.4 Å². The summed E-state index contributed by atoms with van der Waals surface area (Å²) < 4.78 is 30.9. The van der Waals surface area contributed by atoms with Crippen LogP contribution in [0.5, 0.6) is 0 Å². The van der Waals surface area contributed by atoms with Crippen LogP contribution in [0, 0.1) is 12.8 Å². The summed E-state index contributed by atoms with van der Waals surface area (Å²) in [5.74, 6) is -0.408. The molecule has 1 aliphatic rings. The summed E-state index contributed by atoms with van der Waals surface area (Å²) >= 11 is 0. The van der Waals surface area contributed by atoms with Gasteiger partial charge in [0.2, 0.25) is 0 Å². The number of aromatic carboxylic acids is 1. The molecule has 0 bridgehead atoms. The van der Waals surface area contributed by atoms with Gasteiger partial charge in [0, 0.05) is 37.3 Å². The Morgan fingerprint density at radius 3 is 2.27 bits per heavy atom. The first kappa shape index (κ1) is 32.0. The van der Waals surface area contributed by atoms with Gasteiger partial charge in [0.15, 0.2) is 5.03 Å². The molecule has 1 saturated heterocycles. The van der Waals surface area contributed by atoms with Crippen LogP contribution in [0.4, 0.5) is 16.3 Å². The van der Waals surface area contributed by atoms with Gasteiger partial charge in [0.1, 0.15) is 11.5 Å².